The molecule has 10 nitrogen and oxygen atoms in total. The second-order valence-corrected chi connectivity index (χ2v) is 12.3. The average Bonchev–Trinajstić information content (AvgIpc) is 3.02. The molecule has 0 spiro atoms. The molecule has 0 bridgehead atoms. The van der Waals surface area contributed by atoms with Gasteiger partial charge in [0.2, 0.25) is 11.8 Å². The number of carbonyl (C=O) groups excluding carboxylic acids is 2. The molecular weight excluding hydrogens is 582 g/mol. The van der Waals surface area contributed by atoms with E-state index in [1.54, 1.807) is 31.2 Å². The van der Waals surface area contributed by atoms with E-state index in [-0.39, 0.29) is 34.8 Å². The molecule has 0 unspecified atom stereocenters. The standard InChI is InChI=1S/C33H43N3O7S/c1-8-24(4)34-33(38)25(5)35(21-26-12-10-11-23(3)19-26)32(37)22-36(27-13-15-28(16-14-27)43-9-2)44(39,40)29-17-18-30(41-6)31(20-29)42-7/h10-20,24-25H,8-9,21-22H2,1-7H3,(H,34,38)/t24-,25+/m1/s1. The second kappa shape index (κ2) is 15.5. The van der Waals surface area contributed by atoms with Crippen molar-refractivity contribution in [2.24, 2.45) is 0 Å². The number of nitrogens with one attached hydrogen (secondary N) is 1. The molecule has 3 aromatic carbocycles. The predicted molar refractivity (Wildman–Crippen MR) is 171 cm³/mol. The van der Waals surface area contributed by atoms with Gasteiger partial charge in [-0.05, 0) is 76.1 Å². The van der Waals surface area contributed by atoms with Crippen LogP contribution in [0.2, 0.25) is 0 Å². The van der Waals surface area contributed by atoms with Gasteiger partial charge in [-0.1, -0.05) is 36.8 Å². The number of amides is 2. The highest BCUT2D eigenvalue weighted by molar-refractivity contribution is 7.92. The summed E-state index contributed by atoms with van der Waals surface area (Å²) in [6.07, 6.45) is 0.722. The zero-order valence-electron chi connectivity index (χ0n) is 26.5. The molecule has 0 aromatic heterocycles. The summed E-state index contributed by atoms with van der Waals surface area (Å²) in [7, 11) is -1.43. The first-order chi connectivity index (χ1) is 20.9. The highest BCUT2D eigenvalue weighted by atomic mass is 32.2. The van der Waals surface area contributed by atoms with Gasteiger partial charge in [0.1, 0.15) is 18.3 Å². The molecule has 0 fully saturated rings. The fraction of sp³-hybridized carbons (Fsp3) is 0.394. The second-order valence-electron chi connectivity index (χ2n) is 10.5. The van der Waals surface area contributed by atoms with Crippen molar-refractivity contribution in [3.8, 4) is 17.2 Å². The zero-order valence-corrected chi connectivity index (χ0v) is 27.3. The first-order valence-corrected chi connectivity index (χ1v) is 16.0. The number of rotatable bonds is 15. The maximum atomic E-state index is 14.2. The van der Waals surface area contributed by atoms with Crippen LogP contribution in [-0.4, -0.2) is 64.6 Å². The maximum Gasteiger partial charge on any atom is 0.264 e. The number of hydrogen-bond donors (Lipinski definition) is 1. The quantitative estimate of drug-likeness (QED) is 0.255. The van der Waals surface area contributed by atoms with Gasteiger partial charge in [0.05, 0.1) is 31.4 Å². The Labute approximate surface area is 261 Å². The van der Waals surface area contributed by atoms with E-state index in [0.29, 0.717) is 18.1 Å². The van der Waals surface area contributed by atoms with E-state index >= 15 is 0 Å². The minimum Gasteiger partial charge on any atom is -0.494 e. The lowest BCUT2D eigenvalue weighted by atomic mass is 10.1. The van der Waals surface area contributed by atoms with Crippen molar-refractivity contribution >= 4 is 27.5 Å². The van der Waals surface area contributed by atoms with Crippen LogP contribution in [0.4, 0.5) is 5.69 Å². The van der Waals surface area contributed by atoms with Crippen molar-refractivity contribution in [3.63, 3.8) is 0 Å². The number of carbonyl (C=O) groups is 2. The summed E-state index contributed by atoms with van der Waals surface area (Å²) in [6.45, 7) is 9.28. The van der Waals surface area contributed by atoms with Gasteiger partial charge in [-0.2, -0.15) is 0 Å². The molecule has 0 aliphatic heterocycles. The Morgan fingerprint density at radius 1 is 0.909 bits per heavy atom. The smallest absolute Gasteiger partial charge is 0.264 e. The highest BCUT2D eigenvalue weighted by Gasteiger charge is 2.33. The first kappa shape index (κ1) is 34.2. The summed E-state index contributed by atoms with van der Waals surface area (Å²) in [5.41, 5.74) is 2.07. The molecule has 0 saturated heterocycles. The fourth-order valence-electron chi connectivity index (χ4n) is 4.56. The number of anilines is 1. The number of nitrogens with zero attached hydrogens (tertiary/aromatic N) is 2. The van der Waals surface area contributed by atoms with Gasteiger partial charge >= 0.3 is 0 Å². The summed E-state index contributed by atoms with van der Waals surface area (Å²) in [5.74, 6) is 0.276. The SMILES string of the molecule is CCOc1ccc(N(CC(=O)N(Cc2cccc(C)c2)[C@@H](C)C(=O)N[C@H](C)CC)S(=O)(=O)c2ccc(OC)c(OC)c2)cc1. The molecular formula is C33H43N3O7S. The van der Waals surface area contributed by atoms with E-state index in [9.17, 15) is 18.0 Å². The average molecular weight is 626 g/mol. The van der Waals surface area contributed by atoms with Crippen LogP contribution in [-0.2, 0) is 26.2 Å². The van der Waals surface area contributed by atoms with Gasteiger partial charge in [0.15, 0.2) is 11.5 Å². The molecule has 3 rings (SSSR count). The lowest BCUT2D eigenvalue weighted by Gasteiger charge is -2.32. The molecule has 0 heterocycles. The van der Waals surface area contributed by atoms with Crippen LogP contribution in [0.3, 0.4) is 0 Å². The van der Waals surface area contributed by atoms with Gasteiger partial charge in [0, 0.05) is 18.7 Å². The number of ether oxygens (including phenoxy) is 3. The highest BCUT2D eigenvalue weighted by Crippen LogP contribution is 2.33. The van der Waals surface area contributed by atoms with E-state index in [2.05, 4.69) is 5.32 Å². The molecule has 3 aromatic rings. The van der Waals surface area contributed by atoms with Crippen molar-refractivity contribution in [2.45, 2.75) is 64.6 Å². The summed E-state index contributed by atoms with van der Waals surface area (Å²) in [4.78, 5) is 28.7. The van der Waals surface area contributed by atoms with E-state index < -0.39 is 28.5 Å². The van der Waals surface area contributed by atoms with E-state index in [4.69, 9.17) is 14.2 Å². The third kappa shape index (κ3) is 8.43. The minimum atomic E-state index is -4.30. The molecule has 1 N–H and O–H groups in total. The summed E-state index contributed by atoms with van der Waals surface area (Å²) in [6, 6.07) is 17.4. The molecule has 0 aliphatic rings. The van der Waals surface area contributed by atoms with Crippen LogP contribution in [0.15, 0.2) is 71.6 Å². The lowest BCUT2D eigenvalue weighted by molar-refractivity contribution is -0.139. The Morgan fingerprint density at radius 3 is 2.18 bits per heavy atom. The monoisotopic (exact) mass is 625 g/mol. The van der Waals surface area contributed by atoms with Gasteiger partial charge in [-0.15, -0.1) is 0 Å². The van der Waals surface area contributed by atoms with Crippen LogP contribution in [0.25, 0.3) is 0 Å². The largest absolute Gasteiger partial charge is 0.494 e. The molecule has 0 radical (unpaired) electrons. The summed E-state index contributed by atoms with van der Waals surface area (Å²) >= 11 is 0. The van der Waals surface area contributed by atoms with E-state index in [1.807, 2.05) is 52.0 Å². The Bertz CT molecular complexity index is 1530. The van der Waals surface area contributed by atoms with Crippen molar-refractivity contribution in [2.75, 3.05) is 31.7 Å². The Balaban J connectivity index is 2.08. The molecule has 2 atom stereocenters. The number of sulfonamides is 1. The maximum absolute atomic E-state index is 14.2. The lowest BCUT2D eigenvalue weighted by Crippen LogP contribution is -2.52. The molecule has 11 heteroatoms. The number of hydrogen-bond acceptors (Lipinski definition) is 7. The van der Waals surface area contributed by atoms with Gasteiger partial charge in [-0.3, -0.25) is 13.9 Å². The van der Waals surface area contributed by atoms with Gasteiger partial charge in [-0.25, -0.2) is 8.42 Å². The van der Waals surface area contributed by atoms with Crippen LogP contribution >= 0.6 is 0 Å². The van der Waals surface area contributed by atoms with Crippen LogP contribution in [0.5, 0.6) is 17.2 Å². The van der Waals surface area contributed by atoms with Crippen LogP contribution < -0.4 is 23.8 Å². The van der Waals surface area contributed by atoms with Crippen molar-refractivity contribution < 1.29 is 32.2 Å². The topological polar surface area (TPSA) is 114 Å². The Morgan fingerprint density at radius 2 is 1.59 bits per heavy atom. The number of aryl methyl sites for hydroxylation is 1. The van der Waals surface area contributed by atoms with Gasteiger partial charge < -0.3 is 24.4 Å². The molecule has 0 aliphatic carbocycles. The molecule has 238 valence electrons. The number of benzene rings is 3. The number of methoxy groups -OCH3 is 2. The normalized spacial score (nSPS) is 12.5. The molecule has 44 heavy (non-hydrogen) atoms. The molecule has 0 saturated carbocycles. The summed E-state index contributed by atoms with van der Waals surface area (Å²) < 4.78 is 45.6. The zero-order chi connectivity index (χ0) is 32.4. The van der Waals surface area contributed by atoms with Crippen LogP contribution in [0, 0.1) is 6.92 Å². The van der Waals surface area contributed by atoms with Crippen molar-refractivity contribution in [3.05, 3.63) is 77.9 Å². The van der Waals surface area contributed by atoms with E-state index in [1.165, 1.54) is 37.3 Å². The Kier molecular flexibility index (Phi) is 12.0. The van der Waals surface area contributed by atoms with Crippen molar-refractivity contribution in [1.82, 2.24) is 10.2 Å². The Hall–Kier alpha value is -4.25. The van der Waals surface area contributed by atoms with Crippen molar-refractivity contribution in [1.29, 1.82) is 0 Å². The van der Waals surface area contributed by atoms with Gasteiger partial charge in [0.25, 0.3) is 10.0 Å². The predicted octanol–water partition coefficient (Wildman–Crippen LogP) is 4.94. The van der Waals surface area contributed by atoms with Crippen LogP contribution in [0.1, 0.15) is 45.2 Å². The fourth-order valence-corrected chi connectivity index (χ4v) is 5.99. The first-order valence-electron chi connectivity index (χ1n) is 14.6. The minimum absolute atomic E-state index is 0.0911. The molecule has 2 amide bonds. The summed E-state index contributed by atoms with van der Waals surface area (Å²) in [5, 5.41) is 2.94. The third-order valence-corrected chi connectivity index (χ3v) is 9.03. The third-order valence-electron chi connectivity index (χ3n) is 7.26. The van der Waals surface area contributed by atoms with E-state index in [0.717, 1.165) is 21.9 Å².